The summed E-state index contributed by atoms with van der Waals surface area (Å²) in [6, 6.07) is 3.37. The number of likely N-dealkylation sites (tertiary alicyclic amines) is 1. The number of aromatic nitrogens is 1. The zero-order valence-corrected chi connectivity index (χ0v) is 11.4. The van der Waals surface area contributed by atoms with E-state index in [1.165, 1.54) is 0 Å². The third kappa shape index (κ3) is 2.35. The molecule has 0 unspecified atom stereocenters. The van der Waals surface area contributed by atoms with E-state index in [9.17, 15) is 9.90 Å². The van der Waals surface area contributed by atoms with Crippen LogP contribution in [0.4, 0.5) is 0 Å². The third-order valence-electron chi connectivity index (χ3n) is 3.26. The molecule has 1 aromatic rings. The van der Waals surface area contributed by atoms with Gasteiger partial charge < -0.3 is 10.0 Å². The molecule has 92 valence electrons. The van der Waals surface area contributed by atoms with Gasteiger partial charge in [0.05, 0.1) is 13.1 Å². The van der Waals surface area contributed by atoms with Gasteiger partial charge in [-0.15, -0.1) is 0 Å². The standard InChI is InChI=1S/C12H15BrN2O2/c1-8(2)12(17)6-15(7-12)11(16)9-3-4-14-10(13)5-9/h3-5,8,17H,6-7H2,1-2H3. The Morgan fingerprint density at radius 2 is 2.24 bits per heavy atom. The van der Waals surface area contributed by atoms with Gasteiger partial charge in [-0.3, -0.25) is 4.79 Å². The molecule has 0 radical (unpaired) electrons. The first-order chi connectivity index (χ1) is 7.92. The maximum atomic E-state index is 12.1. The summed E-state index contributed by atoms with van der Waals surface area (Å²) in [6.45, 7) is 4.74. The van der Waals surface area contributed by atoms with Crippen LogP contribution in [-0.2, 0) is 0 Å². The number of nitrogens with zero attached hydrogens (tertiary/aromatic N) is 2. The van der Waals surface area contributed by atoms with E-state index in [4.69, 9.17) is 0 Å². The lowest BCUT2D eigenvalue weighted by atomic mass is 9.82. The van der Waals surface area contributed by atoms with Gasteiger partial charge in [0.25, 0.3) is 5.91 Å². The van der Waals surface area contributed by atoms with Gasteiger partial charge in [-0.1, -0.05) is 13.8 Å². The molecule has 2 heterocycles. The van der Waals surface area contributed by atoms with E-state index >= 15 is 0 Å². The summed E-state index contributed by atoms with van der Waals surface area (Å²) in [7, 11) is 0. The number of pyridine rings is 1. The highest BCUT2D eigenvalue weighted by Crippen LogP contribution is 2.29. The Morgan fingerprint density at radius 3 is 2.76 bits per heavy atom. The van der Waals surface area contributed by atoms with Gasteiger partial charge in [0.15, 0.2) is 0 Å². The van der Waals surface area contributed by atoms with Gasteiger partial charge in [0, 0.05) is 11.8 Å². The van der Waals surface area contributed by atoms with Gasteiger partial charge in [-0.25, -0.2) is 4.98 Å². The van der Waals surface area contributed by atoms with Gasteiger partial charge in [-0.2, -0.15) is 0 Å². The smallest absolute Gasteiger partial charge is 0.254 e. The fourth-order valence-electron chi connectivity index (χ4n) is 1.84. The van der Waals surface area contributed by atoms with Crippen LogP contribution in [0, 0.1) is 5.92 Å². The van der Waals surface area contributed by atoms with Crippen molar-refractivity contribution in [1.82, 2.24) is 9.88 Å². The monoisotopic (exact) mass is 298 g/mol. The Balaban J connectivity index is 2.05. The molecule has 2 rings (SSSR count). The third-order valence-corrected chi connectivity index (χ3v) is 3.70. The summed E-state index contributed by atoms with van der Waals surface area (Å²) >= 11 is 3.23. The first-order valence-electron chi connectivity index (χ1n) is 5.55. The molecule has 1 saturated heterocycles. The Kier molecular flexibility index (Phi) is 3.23. The SMILES string of the molecule is CC(C)C1(O)CN(C(=O)c2ccnc(Br)c2)C1. The largest absolute Gasteiger partial charge is 0.386 e. The molecule has 1 fully saturated rings. The molecule has 0 saturated carbocycles. The van der Waals surface area contributed by atoms with Crippen LogP contribution in [0.1, 0.15) is 24.2 Å². The molecule has 1 aliphatic rings. The predicted octanol–water partition coefficient (Wildman–Crippen LogP) is 1.69. The van der Waals surface area contributed by atoms with Crippen LogP contribution >= 0.6 is 15.9 Å². The number of carbonyl (C=O) groups is 1. The van der Waals surface area contributed by atoms with E-state index in [2.05, 4.69) is 20.9 Å². The summed E-state index contributed by atoms with van der Waals surface area (Å²) in [5, 5.41) is 10.1. The first-order valence-corrected chi connectivity index (χ1v) is 6.35. The molecule has 5 heteroatoms. The second-order valence-electron chi connectivity index (χ2n) is 4.79. The van der Waals surface area contributed by atoms with Crippen molar-refractivity contribution >= 4 is 21.8 Å². The topological polar surface area (TPSA) is 53.4 Å². The lowest BCUT2D eigenvalue weighted by Gasteiger charge is -2.49. The number of β-amino-alcohol motifs (C(OH)–C–C–N with tert-alkyl or cyclic N) is 1. The van der Waals surface area contributed by atoms with Crippen molar-refractivity contribution in [3.8, 4) is 0 Å². The van der Waals surface area contributed by atoms with Crippen molar-refractivity contribution < 1.29 is 9.90 Å². The van der Waals surface area contributed by atoms with E-state index in [0.717, 1.165) is 0 Å². The quantitative estimate of drug-likeness (QED) is 0.846. The Hall–Kier alpha value is -0.940. The highest BCUT2D eigenvalue weighted by Gasteiger charge is 2.45. The lowest BCUT2D eigenvalue weighted by molar-refractivity contribution is -0.110. The molecule has 0 aromatic carbocycles. The van der Waals surface area contributed by atoms with Crippen LogP contribution < -0.4 is 0 Å². The Morgan fingerprint density at radius 1 is 1.59 bits per heavy atom. The van der Waals surface area contributed by atoms with Crippen LogP contribution in [0.15, 0.2) is 22.9 Å². The van der Waals surface area contributed by atoms with E-state index in [1.54, 1.807) is 23.2 Å². The van der Waals surface area contributed by atoms with E-state index in [-0.39, 0.29) is 11.8 Å². The molecule has 1 aliphatic heterocycles. The van der Waals surface area contributed by atoms with Crippen LogP contribution in [-0.4, -0.2) is 39.6 Å². The molecular weight excluding hydrogens is 284 g/mol. The fraction of sp³-hybridized carbons (Fsp3) is 0.500. The van der Waals surface area contributed by atoms with Crippen molar-refractivity contribution in [2.45, 2.75) is 19.4 Å². The average molecular weight is 299 g/mol. The van der Waals surface area contributed by atoms with Gasteiger partial charge in [0.2, 0.25) is 0 Å². The number of aliphatic hydroxyl groups is 1. The number of carbonyl (C=O) groups excluding carboxylic acids is 1. The lowest BCUT2D eigenvalue weighted by Crippen LogP contribution is -2.65. The van der Waals surface area contributed by atoms with Crippen molar-refractivity contribution in [1.29, 1.82) is 0 Å². The van der Waals surface area contributed by atoms with E-state index in [1.807, 2.05) is 13.8 Å². The van der Waals surface area contributed by atoms with Crippen molar-refractivity contribution in [2.24, 2.45) is 5.92 Å². The minimum absolute atomic E-state index is 0.0570. The highest BCUT2D eigenvalue weighted by atomic mass is 79.9. The molecule has 0 aliphatic carbocycles. The molecule has 17 heavy (non-hydrogen) atoms. The molecule has 1 N–H and O–H groups in total. The van der Waals surface area contributed by atoms with E-state index in [0.29, 0.717) is 23.3 Å². The molecule has 1 aromatic heterocycles. The van der Waals surface area contributed by atoms with Gasteiger partial charge in [0.1, 0.15) is 10.2 Å². The molecule has 1 amide bonds. The van der Waals surface area contributed by atoms with Crippen LogP contribution in [0.25, 0.3) is 0 Å². The van der Waals surface area contributed by atoms with Crippen LogP contribution in [0.2, 0.25) is 0 Å². The second-order valence-corrected chi connectivity index (χ2v) is 5.60. The van der Waals surface area contributed by atoms with Crippen LogP contribution in [0.3, 0.4) is 0 Å². The maximum absolute atomic E-state index is 12.1. The van der Waals surface area contributed by atoms with Crippen molar-refractivity contribution in [3.05, 3.63) is 28.5 Å². The number of hydrogen-bond donors (Lipinski definition) is 1. The minimum atomic E-state index is -0.722. The maximum Gasteiger partial charge on any atom is 0.254 e. The predicted molar refractivity (Wildman–Crippen MR) is 67.6 cm³/mol. The molecule has 0 atom stereocenters. The Labute approximate surface area is 109 Å². The van der Waals surface area contributed by atoms with Crippen molar-refractivity contribution in [2.75, 3.05) is 13.1 Å². The van der Waals surface area contributed by atoms with E-state index < -0.39 is 5.60 Å². The zero-order chi connectivity index (χ0) is 12.6. The van der Waals surface area contributed by atoms with Crippen molar-refractivity contribution in [3.63, 3.8) is 0 Å². The number of rotatable bonds is 2. The summed E-state index contributed by atoms with van der Waals surface area (Å²) < 4.78 is 0.642. The normalized spacial score (nSPS) is 18.1. The molecular formula is C12H15BrN2O2. The minimum Gasteiger partial charge on any atom is -0.386 e. The highest BCUT2D eigenvalue weighted by molar-refractivity contribution is 9.10. The van der Waals surface area contributed by atoms with Gasteiger partial charge in [-0.05, 0) is 34.0 Å². The first kappa shape index (κ1) is 12.5. The fourth-order valence-corrected chi connectivity index (χ4v) is 2.21. The number of amides is 1. The average Bonchev–Trinajstić information content (AvgIpc) is 2.23. The summed E-state index contributed by atoms with van der Waals surface area (Å²) in [5.41, 5.74) is -0.127. The molecule has 0 bridgehead atoms. The summed E-state index contributed by atoms with van der Waals surface area (Å²) in [6.07, 6.45) is 1.59. The molecule has 0 spiro atoms. The summed E-state index contributed by atoms with van der Waals surface area (Å²) in [5.74, 6) is 0.106. The van der Waals surface area contributed by atoms with Gasteiger partial charge >= 0.3 is 0 Å². The number of halogens is 1. The molecule has 4 nitrogen and oxygen atoms in total. The van der Waals surface area contributed by atoms with Crippen LogP contribution in [0.5, 0.6) is 0 Å². The zero-order valence-electron chi connectivity index (χ0n) is 9.85. The summed E-state index contributed by atoms with van der Waals surface area (Å²) in [4.78, 5) is 17.7. The second kappa shape index (κ2) is 4.38. The Bertz CT molecular complexity index is 442. The number of hydrogen-bond acceptors (Lipinski definition) is 3.